The second kappa shape index (κ2) is 8.55. The molecule has 4 rings (SSSR count). The van der Waals surface area contributed by atoms with Crippen LogP contribution in [0.25, 0.3) is 0 Å². The standard InChI is InChI=1S/C26H28FIN2O3S/c1-6-34(32,33)15-16-7-10-19-24(18-9-8-17(27)11-22(18)28)29-25(2,3)20-12-23(31)30(5)14-21(20)26(19,4)13-16/h7-14,19H,6,15H2,1-5H3. The number of fused-ring (bicyclic) bond motifs is 3. The maximum atomic E-state index is 13.9. The average molecular weight is 594 g/mol. The van der Waals surface area contributed by atoms with Gasteiger partial charge in [-0.05, 0) is 71.3 Å². The van der Waals surface area contributed by atoms with Crippen LogP contribution in [-0.2, 0) is 27.8 Å². The van der Waals surface area contributed by atoms with Gasteiger partial charge >= 0.3 is 0 Å². The number of benzene rings is 1. The van der Waals surface area contributed by atoms with E-state index in [2.05, 4.69) is 29.5 Å². The summed E-state index contributed by atoms with van der Waals surface area (Å²) in [5.41, 5.74) is 2.53. The number of hydrogen-bond donors (Lipinski definition) is 0. The Kier molecular flexibility index (Phi) is 6.29. The fourth-order valence-corrected chi connectivity index (χ4v) is 6.58. The third-order valence-electron chi connectivity index (χ3n) is 6.83. The third kappa shape index (κ3) is 4.34. The number of nitrogens with zero attached hydrogens (tertiary/aromatic N) is 2. The van der Waals surface area contributed by atoms with Crippen molar-refractivity contribution < 1.29 is 12.8 Å². The summed E-state index contributed by atoms with van der Waals surface area (Å²) < 4.78 is 41.1. The molecule has 180 valence electrons. The van der Waals surface area contributed by atoms with E-state index in [-0.39, 0.29) is 28.8 Å². The first kappa shape index (κ1) is 25.0. The number of aryl methyl sites for hydroxylation is 1. The summed E-state index contributed by atoms with van der Waals surface area (Å²) in [6.07, 6.45) is 7.74. The van der Waals surface area contributed by atoms with Crippen LogP contribution in [-0.4, -0.2) is 30.2 Å². The minimum Gasteiger partial charge on any atom is -0.318 e. The zero-order valence-corrected chi connectivity index (χ0v) is 22.9. The molecule has 2 atom stereocenters. The molecule has 1 aliphatic heterocycles. The fraction of sp³-hybridized carbons (Fsp3) is 0.385. The Morgan fingerprint density at radius 2 is 1.88 bits per heavy atom. The predicted molar refractivity (Wildman–Crippen MR) is 143 cm³/mol. The quantitative estimate of drug-likeness (QED) is 0.484. The molecule has 8 heteroatoms. The SMILES string of the molecule is CCS(=O)(=O)CC1=CC2(C)c3cn(C)c(=O)cc3C(C)(C)N=C(c3ccc(F)cc3I)C2C=C1. The van der Waals surface area contributed by atoms with Gasteiger partial charge in [0.2, 0.25) is 0 Å². The molecule has 5 nitrogen and oxygen atoms in total. The number of rotatable bonds is 4. The summed E-state index contributed by atoms with van der Waals surface area (Å²) >= 11 is 2.12. The number of aromatic nitrogens is 1. The highest BCUT2D eigenvalue weighted by molar-refractivity contribution is 14.1. The maximum absolute atomic E-state index is 13.9. The van der Waals surface area contributed by atoms with Gasteiger partial charge in [0.25, 0.3) is 5.56 Å². The van der Waals surface area contributed by atoms with Crippen molar-refractivity contribution in [1.29, 1.82) is 0 Å². The molecule has 0 amide bonds. The number of allylic oxidation sites excluding steroid dienone is 3. The van der Waals surface area contributed by atoms with E-state index in [1.807, 2.05) is 38.3 Å². The summed E-state index contributed by atoms with van der Waals surface area (Å²) in [5.74, 6) is -0.538. The number of halogens is 2. The molecule has 1 aromatic carbocycles. The van der Waals surface area contributed by atoms with E-state index in [9.17, 15) is 17.6 Å². The van der Waals surface area contributed by atoms with Crippen LogP contribution >= 0.6 is 22.6 Å². The lowest BCUT2D eigenvalue weighted by Gasteiger charge is -2.38. The lowest BCUT2D eigenvalue weighted by atomic mass is 9.65. The van der Waals surface area contributed by atoms with Crippen molar-refractivity contribution in [2.45, 2.75) is 38.6 Å². The smallest absolute Gasteiger partial charge is 0.250 e. The zero-order valence-electron chi connectivity index (χ0n) is 19.9. The second-order valence-electron chi connectivity index (χ2n) is 9.75. The van der Waals surface area contributed by atoms with Crippen molar-refractivity contribution in [2.75, 3.05) is 11.5 Å². The minimum absolute atomic E-state index is 0.0483. The van der Waals surface area contributed by atoms with Crippen molar-refractivity contribution in [1.82, 2.24) is 4.57 Å². The van der Waals surface area contributed by atoms with Crippen molar-refractivity contribution in [3.8, 4) is 0 Å². The Bertz CT molecular complexity index is 1440. The van der Waals surface area contributed by atoms with Crippen LogP contribution < -0.4 is 5.56 Å². The molecule has 0 spiro atoms. The number of hydrogen-bond acceptors (Lipinski definition) is 4. The fourth-order valence-electron chi connectivity index (χ4n) is 4.93. The zero-order chi connectivity index (χ0) is 25.1. The average Bonchev–Trinajstić information content (AvgIpc) is 2.80. The van der Waals surface area contributed by atoms with Crippen LogP contribution in [0.15, 0.2) is 64.1 Å². The molecule has 0 fully saturated rings. The van der Waals surface area contributed by atoms with Crippen molar-refractivity contribution in [3.05, 3.63) is 90.7 Å². The Hall–Kier alpha value is -2.07. The van der Waals surface area contributed by atoms with Gasteiger partial charge in [-0.25, -0.2) is 12.8 Å². The van der Waals surface area contributed by atoms with Crippen LogP contribution in [0.1, 0.15) is 44.4 Å². The van der Waals surface area contributed by atoms with Crippen LogP contribution in [0.4, 0.5) is 4.39 Å². The van der Waals surface area contributed by atoms with Gasteiger partial charge in [-0.2, -0.15) is 0 Å². The van der Waals surface area contributed by atoms with Crippen LogP contribution in [0, 0.1) is 15.3 Å². The van der Waals surface area contributed by atoms with Crippen LogP contribution in [0.2, 0.25) is 0 Å². The van der Waals surface area contributed by atoms with Gasteiger partial charge in [0.15, 0.2) is 9.84 Å². The van der Waals surface area contributed by atoms with Crippen molar-refractivity contribution >= 4 is 38.1 Å². The summed E-state index contributed by atoms with van der Waals surface area (Å²) in [5, 5.41) is 0. The van der Waals surface area contributed by atoms with E-state index >= 15 is 0 Å². The van der Waals surface area contributed by atoms with E-state index in [0.717, 1.165) is 26.0 Å². The minimum atomic E-state index is -3.23. The molecule has 2 unspecified atom stereocenters. The topological polar surface area (TPSA) is 68.5 Å². The molecule has 2 aromatic rings. The van der Waals surface area contributed by atoms with E-state index < -0.39 is 20.8 Å². The molecular weight excluding hydrogens is 566 g/mol. The van der Waals surface area contributed by atoms with E-state index in [4.69, 9.17) is 4.99 Å². The molecule has 0 saturated heterocycles. The van der Waals surface area contributed by atoms with Gasteiger partial charge < -0.3 is 4.57 Å². The molecule has 0 saturated carbocycles. The first-order valence-electron chi connectivity index (χ1n) is 11.1. The van der Waals surface area contributed by atoms with Gasteiger partial charge in [0.05, 0.1) is 17.0 Å². The lowest BCUT2D eigenvalue weighted by Crippen LogP contribution is -2.38. The van der Waals surface area contributed by atoms with Crippen LogP contribution in [0.5, 0.6) is 0 Å². The molecule has 0 radical (unpaired) electrons. The Morgan fingerprint density at radius 3 is 2.53 bits per heavy atom. The van der Waals surface area contributed by atoms with E-state index in [1.165, 1.54) is 12.1 Å². The summed E-state index contributed by atoms with van der Waals surface area (Å²) in [4.78, 5) is 17.8. The molecule has 2 aliphatic rings. The Morgan fingerprint density at radius 1 is 1.18 bits per heavy atom. The summed E-state index contributed by atoms with van der Waals surface area (Å²) in [6, 6.07) is 6.29. The van der Waals surface area contributed by atoms with Crippen LogP contribution in [0.3, 0.4) is 0 Å². The monoisotopic (exact) mass is 594 g/mol. The summed E-state index contributed by atoms with van der Waals surface area (Å²) in [6.45, 7) is 7.65. The largest absolute Gasteiger partial charge is 0.318 e. The van der Waals surface area contributed by atoms with E-state index in [1.54, 1.807) is 30.7 Å². The van der Waals surface area contributed by atoms with Crippen molar-refractivity contribution in [3.63, 3.8) is 0 Å². The molecule has 1 aliphatic carbocycles. The number of aliphatic imine (C=N–C) groups is 1. The molecule has 34 heavy (non-hydrogen) atoms. The van der Waals surface area contributed by atoms with Gasteiger partial charge in [0, 0.05) is 45.5 Å². The Balaban J connectivity index is 2.04. The normalized spacial score (nSPS) is 23.4. The number of sulfone groups is 1. The van der Waals surface area contributed by atoms with Gasteiger partial charge in [-0.15, -0.1) is 0 Å². The molecule has 0 bridgehead atoms. The third-order valence-corrected chi connectivity index (χ3v) is 9.38. The first-order chi connectivity index (χ1) is 15.8. The van der Waals surface area contributed by atoms with Gasteiger partial charge in [-0.1, -0.05) is 32.1 Å². The van der Waals surface area contributed by atoms with Crippen molar-refractivity contribution in [2.24, 2.45) is 18.0 Å². The summed E-state index contributed by atoms with van der Waals surface area (Å²) in [7, 11) is -1.52. The lowest BCUT2D eigenvalue weighted by molar-refractivity contribution is 0.503. The molecule has 2 heterocycles. The van der Waals surface area contributed by atoms with Gasteiger partial charge in [-0.3, -0.25) is 9.79 Å². The van der Waals surface area contributed by atoms with E-state index in [0.29, 0.717) is 5.57 Å². The highest BCUT2D eigenvalue weighted by Crippen LogP contribution is 2.48. The molecular formula is C26H28FIN2O3S. The highest BCUT2D eigenvalue weighted by Gasteiger charge is 2.45. The highest BCUT2D eigenvalue weighted by atomic mass is 127. The number of pyridine rings is 1. The molecule has 1 aromatic heterocycles. The first-order valence-corrected chi connectivity index (χ1v) is 14.0. The second-order valence-corrected chi connectivity index (χ2v) is 13.3. The Labute approximate surface area is 213 Å². The maximum Gasteiger partial charge on any atom is 0.250 e. The predicted octanol–water partition coefficient (Wildman–Crippen LogP) is 4.67. The van der Waals surface area contributed by atoms with Gasteiger partial charge in [0.1, 0.15) is 5.82 Å². The molecule has 0 N–H and O–H groups in total.